The quantitative estimate of drug-likeness (QED) is 0.589. The second-order valence-corrected chi connectivity index (χ2v) is 9.02. The second-order valence-electron chi connectivity index (χ2n) is 7.08. The number of amides is 2. The SMILES string of the molecule is C#C[C@H](COC)NC(=O)N1CC2=C(C1)CN(S(=O)(=O)c1ccc3occc3c1)C2. The van der Waals surface area contributed by atoms with Gasteiger partial charge < -0.3 is 19.4 Å². The number of carbonyl (C=O) groups excluding carboxylic acids is 1. The Morgan fingerprint density at radius 1 is 1.28 bits per heavy atom. The molecule has 2 aromatic rings. The van der Waals surface area contributed by atoms with Gasteiger partial charge in [-0.1, -0.05) is 5.92 Å². The van der Waals surface area contributed by atoms with Gasteiger partial charge in [0, 0.05) is 38.7 Å². The minimum atomic E-state index is -3.63. The maximum Gasteiger partial charge on any atom is 0.319 e. The van der Waals surface area contributed by atoms with E-state index in [1.54, 1.807) is 29.2 Å². The van der Waals surface area contributed by atoms with E-state index < -0.39 is 16.1 Å². The molecule has 0 fully saturated rings. The fraction of sp³-hybridized carbons (Fsp3) is 0.350. The fourth-order valence-electron chi connectivity index (χ4n) is 3.65. The van der Waals surface area contributed by atoms with Gasteiger partial charge in [0.1, 0.15) is 11.6 Å². The Bertz CT molecular complexity index is 1110. The van der Waals surface area contributed by atoms with Crippen LogP contribution in [0.15, 0.2) is 51.0 Å². The summed E-state index contributed by atoms with van der Waals surface area (Å²) in [5, 5.41) is 3.48. The standard InChI is InChI=1S/C20H21N3O5S/c1-3-17(13-27-2)21-20(24)22-9-15-11-23(12-16(15)10-22)29(25,26)18-4-5-19-14(8-18)6-7-28-19/h1,4-8,17H,9-13H2,2H3,(H,21,24)/t17-/m1/s1. The molecule has 4 rings (SSSR count). The normalized spacial score (nSPS) is 18.1. The van der Waals surface area contributed by atoms with Crippen LogP contribution < -0.4 is 5.32 Å². The Kier molecular flexibility index (Phi) is 5.08. The summed E-state index contributed by atoms with van der Waals surface area (Å²) in [6, 6.07) is 5.79. The Balaban J connectivity index is 1.41. The van der Waals surface area contributed by atoms with Gasteiger partial charge in [-0.25, -0.2) is 13.2 Å². The van der Waals surface area contributed by atoms with Gasteiger partial charge in [-0.2, -0.15) is 4.31 Å². The average molecular weight is 415 g/mol. The van der Waals surface area contributed by atoms with Crippen LogP contribution in [-0.2, 0) is 14.8 Å². The fourth-order valence-corrected chi connectivity index (χ4v) is 5.12. The lowest BCUT2D eigenvalue weighted by Crippen LogP contribution is -2.46. The van der Waals surface area contributed by atoms with Crippen LogP contribution in [0, 0.1) is 12.3 Å². The highest BCUT2D eigenvalue weighted by molar-refractivity contribution is 7.89. The number of carbonyl (C=O) groups is 1. The summed E-state index contributed by atoms with van der Waals surface area (Å²) < 4.78 is 37.8. The maximum atomic E-state index is 13.0. The molecule has 0 bridgehead atoms. The van der Waals surface area contributed by atoms with Gasteiger partial charge in [-0.05, 0) is 35.4 Å². The van der Waals surface area contributed by atoms with Crippen LogP contribution in [0.1, 0.15) is 0 Å². The van der Waals surface area contributed by atoms with Gasteiger partial charge in [-0.15, -0.1) is 6.42 Å². The summed E-state index contributed by atoms with van der Waals surface area (Å²) >= 11 is 0. The van der Waals surface area contributed by atoms with Crippen LogP contribution >= 0.6 is 0 Å². The van der Waals surface area contributed by atoms with E-state index >= 15 is 0 Å². The third kappa shape index (κ3) is 3.62. The van der Waals surface area contributed by atoms with Gasteiger partial charge in [0.25, 0.3) is 0 Å². The predicted molar refractivity (Wildman–Crippen MR) is 107 cm³/mol. The summed E-state index contributed by atoms with van der Waals surface area (Å²) in [4.78, 5) is 14.3. The third-order valence-corrected chi connectivity index (χ3v) is 6.97. The van der Waals surface area contributed by atoms with E-state index in [9.17, 15) is 13.2 Å². The first kappa shape index (κ1) is 19.5. The molecule has 1 atom stereocenters. The molecule has 9 heteroatoms. The number of ether oxygens (including phenoxy) is 1. The molecular weight excluding hydrogens is 394 g/mol. The van der Waals surface area contributed by atoms with E-state index in [2.05, 4.69) is 11.2 Å². The number of nitrogens with one attached hydrogen (secondary N) is 1. The topological polar surface area (TPSA) is 92.1 Å². The van der Waals surface area contributed by atoms with Crippen molar-refractivity contribution in [1.29, 1.82) is 0 Å². The molecule has 0 unspecified atom stereocenters. The zero-order valence-corrected chi connectivity index (χ0v) is 16.7. The summed E-state index contributed by atoms with van der Waals surface area (Å²) in [7, 11) is -2.11. The first-order valence-electron chi connectivity index (χ1n) is 9.10. The van der Waals surface area contributed by atoms with Crippen molar-refractivity contribution >= 4 is 27.0 Å². The van der Waals surface area contributed by atoms with Crippen molar-refractivity contribution in [2.45, 2.75) is 10.9 Å². The lowest BCUT2D eigenvalue weighted by Gasteiger charge is -2.24. The Morgan fingerprint density at radius 3 is 2.66 bits per heavy atom. The van der Waals surface area contributed by atoms with Crippen LogP contribution in [-0.4, -0.2) is 69.6 Å². The van der Waals surface area contributed by atoms with Gasteiger partial charge in [0.05, 0.1) is 17.8 Å². The molecule has 1 aromatic carbocycles. The van der Waals surface area contributed by atoms with Gasteiger partial charge in [0.2, 0.25) is 10.0 Å². The summed E-state index contributed by atoms with van der Waals surface area (Å²) in [5.74, 6) is 2.47. The number of fused-ring (bicyclic) bond motifs is 1. The zero-order valence-electron chi connectivity index (χ0n) is 15.9. The van der Waals surface area contributed by atoms with Crippen LogP contribution in [0.3, 0.4) is 0 Å². The molecule has 152 valence electrons. The highest BCUT2D eigenvalue weighted by Crippen LogP contribution is 2.31. The lowest BCUT2D eigenvalue weighted by atomic mass is 10.2. The molecule has 1 N–H and O–H groups in total. The number of terminal acetylenes is 1. The predicted octanol–water partition coefficient (Wildman–Crippen LogP) is 1.41. The van der Waals surface area contributed by atoms with Crippen molar-refractivity contribution in [3.05, 3.63) is 41.7 Å². The van der Waals surface area contributed by atoms with Crippen molar-refractivity contribution in [2.24, 2.45) is 0 Å². The van der Waals surface area contributed by atoms with E-state index in [1.165, 1.54) is 17.7 Å². The molecular formula is C20H21N3O5S. The molecule has 3 heterocycles. The molecule has 0 spiro atoms. The Morgan fingerprint density at radius 2 is 2.00 bits per heavy atom. The number of rotatable bonds is 5. The summed E-state index contributed by atoms with van der Waals surface area (Å²) in [5.41, 5.74) is 2.56. The second kappa shape index (κ2) is 7.55. The number of sulfonamides is 1. The van der Waals surface area contributed by atoms with E-state index in [1.807, 2.05) is 0 Å². The van der Waals surface area contributed by atoms with Crippen LogP contribution in [0.5, 0.6) is 0 Å². The number of methoxy groups -OCH3 is 1. The lowest BCUT2D eigenvalue weighted by molar-refractivity contribution is 0.171. The van der Waals surface area contributed by atoms with E-state index in [-0.39, 0.29) is 30.6 Å². The Labute approximate surface area is 169 Å². The monoisotopic (exact) mass is 415 g/mol. The smallest absolute Gasteiger partial charge is 0.319 e. The van der Waals surface area contributed by atoms with E-state index in [4.69, 9.17) is 15.6 Å². The minimum absolute atomic E-state index is 0.232. The summed E-state index contributed by atoms with van der Waals surface area (Å²) in [6.45, 7) is 1.57. The number of hydrogen-bond acceptors (Lipinski definition) is 5. The molecule has 29 heavy (non-hydrogen) atoms. The average Bonchev–Trinajstić information content (AvgIpc) is 3.41. The molecule has 2 amide bonds. The molecule has 2 aliphatic heterocycles. The van der Waals surface area contributed by atoms with Crippen LogP contribution in [0.25, 0.3) is 11.0 Å². The first-order chi connectivity index (χ1) is 13.9. The van der Waals surface area contributed by atoms with E-state index in [0.717, 1.165) is 16.5 Å². The van der Waals surface area contributed by atoms with E-state index in [0.29, 0.717) is 18.7 Å². The number of urea groups is 1. The molecule has 0 saturated carbocycles. The summed E-state index contributed by atoms with van der Waals surface area (Å²) in [6.07, 6.45) is 6.93. The largest absolute Gasteiger partial charge is 0.464 e. The third-order valence-electron chi connectivity index (χ3n) is 5.18. The van der Waals surface area contributed by atoms with Crippen molar-refractivity contribution < 1.29 is 22.4 Å². The van der Waals surface area contributed by atoms with Crippen LogP contribution in [0.4, 0.5) is 4.79 Å². The van der Waals surface area contributed by atoms with Gasteiger partial charge in [-0.3, -0.25) is 0 Å². The highest BCUT2D eigenvalue weighted by Gasteiger charge is 2.37. The van der Waals surface area contributed by atoms with Crippen LogP contribution in [0.2, 0.25) is 0 Å². The molecule has 0 radical (unpaired) electrons. The number of benzene rings is 1. The number of furan rings is 1. The van der Waals surface area contributed by atoms with Crippen molar-refractivity contribution in [3.8, 4) is 12.3 Å². The Hall–Kier alpha value is -2.80. The molecule has 0 saturated heterocycles. The van der Waals surface area contributed by atoms with Gasteiger partial charge >= 0.3 is 6.03 Å². The zero-order chi connectivity index (χ0) is 20.6. The van der Waals surface area contributed by atoms with Crippen molar-refractivity contribution in [3.63, 3.8) is 0 Å². The van der Waals surface area contributed by atoms with Gasteiger partial charge in [0.15, 0.2) is 0 Å². The van der Waals surface area contributed by atoms with Crippen molar-refractivity contribution in [2.75, 3.05) is 39.9 Å². The number of hydrogen-bond donors (Lipinski definition) is 1. The molecule has 1 aromatic heterocycles. The molecule has 2 aliphatic rings. The maximum absolute atomic E-state index is 13.0. The highest BCUT2D eigenvalue weighted by atomic mass is 32.2. The molecule has 0 aliphatic carbocycles. The minimum Gasteiger partial charge on any atom is -0.464 e. The first-order valence-corrected chi connectivity index (χ1v) is 10.5. The molecule has 8 nitrogen and oxygen atoms in total. The van der Waals surface area contributed by atoms with Crippen molar-refractivity contribution in [1.82, 2.24) is 14.5 Å². The number of nitrogens with zero attached hydrogens (tertiary/aromatic N) is 2.